The number of para-hydroxylation sites is 2. The maximum absolute atomic E-state index is 6.67. The first-order valence-corrected chi connectivity index (χ1v) is 15.7. The molecular formula is C44H26O2. The quantitative estimate of drug-likeness (QED) is 0.193. The molecule has 0 saturated heterocycles. The van der Waals surface area contributed by atoms with E-state index in [1.807, 2.05) is 24.3 Å². The van der Waals surface area contributed by atoms with Gasteiger partial charge < -0.3 is 8.83 Å². The second-order valence-corrected chi connectivity index (χ2v) is 12.0. The average molecular weight is 587 g/mol. The van der Waals surface area contributed by atoms with Crippen LogP contribution >= 0.6 is 0 Å². The van der Waals surface area contributed by atoms with Gasteiger partial charge in [-0.15, -0.1) is 0 Å². The summed E-state index contributed by atoms with van der Waals surface area (Å²) in [5.41, 5.74) is 10.5. The second kappa shape index (κ2) is 9.69. The van der Waals surface area contributed by atoms with Crippen molar-refractivity contribution in [2.45, 2.75) is 0 Å². The lowest BCUT2D eigenvalue weighted by molar-refractivity contribution is 0.663. The Morgan fingerprint density at radius 1 is 0.304 bits per heavy atom. The van der Waals surface area contributed by atoms with Crippen LogP contribution in [0.1, 0.15) is 0 Å². The summed E-state index contributed by atoms with van der Waals surface area (Å²) in [6, 6.07) is 56.1. The van der Waals surface area contributed by atoms with Gasteiger partial charge in [-0.05, 0) is 73.6 Å². The predicted octanol–water partition coefficient (Wildman–Crippen LogP) is 12.8. The van der Waals surface area contributed by atoms with Crippen LogP contribution in [0, 0.1) is 0 Å². The van der Waals surface area contributed by atoms with E-state index >= 15 is 0 Å². The smallest absolute Gasteiger partial charge is 0.147 e. The molecule has 0 spiro atoms. The van der Waals surface area contributed by atoms with Crippen LogP contribution in [0.4, 0.5) is 0 Å². The molecule has 10 rings (SSSR count). The van der Waals surface area contributed by atoms with Crippen LogP contribution in [-0.4, -0.2) is 0 Å². The first-order chi connectivity index (χ1) is 22.8. The molecule has 0 aliphatic rings. The minimum atomic E-state index is 0.845. The number of fused-ring (bicyclic) bond motifs is 9. The Labute approximate surface area is 264 Å². The van der Waals surface area contributed by atoms with Crippen LogP contribution < -0.4 is 0 Å². The number of hydrogen-bond donors (Lipinski definition) is 0. The normalized spacial score (nSPS) is 11.9. The molecular weight excluding hydrogens is 560 g/mol. The molecule has 0 bridgehead atoms. The molecule has 0 saturated carbocycles. The molecule has 10 aromatic rings. The molecule has 2 heteroatoms. The Hall–Kier alpha value is -6.12. The van der Waals surface area contributed by atoms with E-state index < -0.39 is 0 Å². The summed E-state index contributed by atoms with van der Waals surface area (Å²) in [5.74, 6) is 0. The van der Waals surface area contributed by atoms with Crippen molar-refractivity contribution >= 4 is 65.4 Å². The highest BCUT2D eigenvalue weighted by Crippen LogP contribution is 2.47. The van der Waals surface area contributed by atoms with Crippen LogP contribution in [0.2, 0.25) is 0 Å². The fraction of sp³-hybridized carbons (Fsp3) is 0. The monoisotopic (exact) mass is 586 g/mol. The number of furan rings is 2. The second-order valence-electron chi connectivity index (χ2n) is 12.0. The summed E-state index contributed by atoms with van der Waals surface area (Å²) in [5, 5.41) is 9.20. The van der Waals surface area contributed by atoms with E-state index in [2.05, 4.69) is 133 Å². The fourth-order valence-corrected chi connectivity index (χ4v) is 7.46. The van der Waals surface area contributed by atoms with Gasteiger partial charge in [-0.3, -0.25) is 0 Å². The van der Waals surface area contributed by atoms with Gasteiger partial charge in [-0.25, -0.2) is 0 Å². The van der Waals surface area contributed by atoms with Crippen molar-refractivity contribution in [1.29, 1.82) is 0 Å². The van der Waals surface area contributed by atoms with E-state index in [0.29, 0.717) is 0 Å². The van der Waals surface area contributed by atoms with Crippen molar-refractivity contribution in [3.8, 4) is 33.4 Å². The summed E-state index contributed by atoms with van der Waals surface area (Å²) in [6.07, 6.45) is 0. The van der Waals surface area contributed by atoms with E-state index in [1.165, 1.54) is 43.8 Å². The molecule has 0 unspecified atom stereocenters. The zero-order valence-corrected chi connectivity index (χ0v) is 24.8. The van der Waals surface area contributed by atoms with Crippen LogP contribution in [-0.2, 0) is 0 Å². The molecule has 2 heterocycles. The van der Waals surface area contributed by atoms with Gasteiger partial charge in [-0.1, -0.05) is 133 Å². The molecule has 214 valence electrons. The Kier molecular flexibility index (Phi) is 5.31. The molecule has 2 aromatic heterocycles. The van der Waals surface area contributed by atoms with Crippen LogP contribution in [0.5, 0.6) is 0 Å². The summed E-state index contributed by atoms with van der Waals surface area (Å²) >= 11 is 0. The maximum Gasteiger partial charge on any atom is 0.147 e. The Bertz CT molecular complexity index is 2780. The van der Waals surface area contributed by atoms with E-state index in [0.717, 1.165) is 55.0 Å². The Balaban J connectivity index is 1.37. The van der Waals surface area contributed by atoms with Gasteiger partial charge in [0.2, 0.25) is 0 Å². The standard InChI is InChI=1S/C44H26O2/c1-3-13-27(14-4-1)40-31-18-7-8-19-32(31)41(28-15-5-2-6-16-28)36-25-29(23-24-33(36)40)35-26-37-30-17-9-11-21-38(30)45-44(37)42-34-20-10-12-22-39(34)46-43(35)42/h1-26H. The van der Waals surface area contributed by atoms with Crippen molar-refractivity contribution in [2.24, 2.45) is 0 Å². The average Bonchev–Trinajstić information content (AvgIpc) is 3.69. The molecule has 0 radical (unpaired) electrons. The first kappa shape index (κ1) is 25.2. The van der Waals surface area contributed by atoms with Crippen molar-refractivity contribution < 1.29 is 8.83 Å². The topological polar surface area (TPSA) is 26.3 Å². The van der Waals surface area contributed by atoms with Crippen molar-refractivity contribution in [3.05, 3.63) is 158 Å². The molecule has 46 heavy (non-hydrogen) atoms. The fourth-order valence-electron chi connectivity index (χ4n) is 7.46. The van der Waals surface area contributed by atoms with E-state index in [-0.39, 0.29) is 0 Å². The molecule has 0 atom stereocenters. The van der Waals surface area contributed by atoms with Gasteiger partial charge in [0.05, 0.1) is 5.39 Å². The molecule has 0 aliphatic heterocycles. The van der Waals surface area contributed by atoms with Gasteiger partial charge in [-0.2, -0.15) is 0 Å². The molecule has 0 aliphatic carbocycles. The van der Waals surface area contributed by atoms with Crippen molar-refractivity contribution in [1.82, 2.24) is 0 Å². The minimum Gasteiger partial charge on any atom is -0.455 e. The Morgan fingerprint density at radius 3 is 1.48 bits per heavy atom. The van der Waals surface area contributed by atoms with Gasteiger partial charge in [0.15, 0.2) is 0 Å². The number of benzene rings is 8. The third kappa shape index (κ3) is 3.59. The highest BCUT2D eigenvalue weighted by atomic mass is 16.3. The van der Waals surface area contributed by atoms with E-state index in [4.69, 9.17) is 8.83 Å². The van der Waals surface area contributed by atoms with Gasteiger partial charge in [0.25, 0.3) is 0 Å². The maximum atomic E-state index is 6.67. The highest BCUT2D eigenvalue weighted by molar-refractivity contribution is 6.26. The SMILES string of the molecule is c1ccc(-c2c3ccccc3c(-c3ccccc3)c3cc(-c4cc5c6ccccc6oc5c5c4oc4ccccc45)ccc23)cc1. The van der Waals surface area contributed by atoms with Gasteiger partial charge >= 0.3 is 0 Å². The first-order valence-electron chi connectivity index (χ1n) is 15.7. The van der Waals surface area contributed by atoms with E-state index in [1.54, 1.807) is 0 Å². The third-order valence-electron chi connectivity index (χ3n) is 9.45. The lowest BCUT2D eigenvalue weighted by Crippen LogP contribution is -1.91. The van der Waals surface area contributed by atoms with Crippen LogP contribution in [0.25, 0.3) is 98.8 Å². The van der Waals surface area contributed by atoms with Gasteiger partial charge in [0, 0.05) is 21.7 Å². The van der Waals surface area contributed by atoms with Crippen molar-refractivity contribution in [2.75, 3.05) is 0 Å². The third-order valence-corrected chi connectivity index (χ3v) is 9.45. The number of hydrogen-bond acceptors (Lipinski definition) is 2. The highest BCUT2D eigenvalue weighted by Gasteiger charge is 2.22. The minimum absolute atomic E-state index is 0.845. The molecule has 0 fully saturated rings. The predicted molar refractivity (Wildman–Crippen MR) is 192 cm³/mol. The largest absolute Gasteiger partial charge is 0.455 e. The summed E-state index contributed by atoms with van der Waals surface area (Å²) in [4.78, 5) is 0. The van der Waals surface area contributed by atoms with Crippen LogP contribution in [0.3, 0.4) is 0 Å². The lowest BCUT2D eigenvalue weighted by atomic mass is 9.84. The summed E-state index contributed by atoms with van der Waals surface area (Å²) in [7, 11) is 0. The lowest BCUT2D eigenvalue weighted by Gasteiger charge is -2.18. The summed E-state index contributed by atoms with van der Waals surface area (Å²) in [6.45, 7) is 0. The zero-order chi connectivity index (χ0) is 30.2. The van der Waals surface area contributed by atoms with E-state index in [9.17, 15) is 0 Å². The molecule has 0 N–H and O–H groups in total. The number of rotatable bonds is 3. The molecule has 0 amide bonds. The van der Waals surface area contributed by atoms with Gasteiger partial charge in [0.1, 0.15) is 22.3 Å². The van der Waals surface area contributed by atoms with Crippen LogP contribution in [0.15, 0.2) is 167 Å². The van der Waals surface area contributed by atoms with Crippen molar-refractivity contribution in [3.63, 3.8) is 0 Å². The zero-order valence-electron chi connectivity index (χ0n) is 24.8. The molecule has 8 aromatic carbocycles. The molecule has 2 nitrogen and oxygen atoms in total. The summed E-state index contributed by atoms with van der Waals surface area (Å²) < 4.78 is 13.2. The Morgan fingerprint density at radius 2 is 0.804 bits per heavy atom.